The minimum atomic E-state index is -0.846. The predicted molar refractivity (Wildman–Crippen MR) is 128 cm³/mol. The average Bonchev–Trinajstić information content (AvgIpc) is 2.93. The van der Waals surface area contributed by atoms with Crippen molar-refractivity contribution in [2.24, 2.45) is 5.92 Å². The van der Waals surface area contributed by atoms with Crippen molar-refractivity contribution in [2.75, 3.05) is 23.7 Å². The number of amides is 2. The fraction of sp³-hybridized carbons (Fsp3) is 0.500. The number of aromatic nitrogens is 2. The zero-order valence-corrected chi connectivity index (χ0v) is 20.3. The van der Waals surface area contributed by atoms with Crippen molar-refractivity contribution in [2.45, 2.75) is 51.9 Å². The van der Waals surface area contributed by atoms with Crippen molar-refractivity contribution < 1.29 is 14.7 Å². The minimum absolute atomic E-state index is 0.0661. The number of anilines is 1. The van der Waals surface area contributed by atoms with Crippen LogP contribution in [0.5, 0.6) is 0 Å². The smallest absolute Gasteiger partial charge is 0.407 e. The Bertz CT molecular complexity index is 933. The van der Waals surface area contributed by atoms with Gasteiger partial charge in [-0.2, -0.15) is 0 Å². The number of hydrogen-bond acceptors (Lipinski definition) is 4. The van der Waals surface area contributed by atoms with Crippen molar-refractivity contribution in [3.63, 3.8) is 0 Å². The summed E-state index contributed by atoms with van der Waals surface area (Å²) in [5.41, 5.74) is 4.43. The molecule has 7 nitrogen and oxygen atoms in total. The Kier molecular flexibility index (Phi) is 8.61. The molecule has 0 fully saturated rings. The number of benzene rings is 1. The van der Waals surface area contributed by atoms with E-state index in [1.54, 1.807) is 17.3 Å². The van der Waals surface area contributed by atoms with E-state index in [4.69, 9.17) is 0 Å². The van der Waals surface area contributed by atoms with E-state index in [9.17, 15) is 14.7 Å². The maximum absolute atomic E-state index is 11.8. The van der Waals surface area contributed by atoms with E-state index in [-0.39, 0.29) is 11.8 Å². The largest absolute Gasteiger partial charge is 0.465 e. The van der Waals surface area contributed by atoms with Gasteiger partial charge in [-0.1, -0.05) is 48.0 Å². The molecule has 32 heavy (non-hydrogen) atoms. The molecule has 172 valence electrons. The van der Waals surface area contributed by atoms with Crippen molar-refractivity contribution in [1.29, 1.82) is 0 Å². The van der Waals surface area contributed by atoms with Gasteiger partial charge in [-0.05, 0) is 41.9 Å². The molecule has 0 saturated heterocycles. The van der Waals surface area contributed by atoms with Crippen LogP contribution in [0, 0.1) is 5.92 Å². The number of nitrogens with one attached hydrogen (secondary N) is 1. The van der Waals surface area contributed by atoms with E-state index >= 15 is 0 Å². The van der Waals surface area contributed by atoms with Crippen molar-refractivity contribution in [3.8, 4) is 0 Å². The lowest BCUT2D eigenvalue weighted by molar-refractivity contribution is -0.116. The maximum Gasteiger partial charge on any atom is 0.407 e. The van der Waals surface area contributed by atoms with E-state index in [2.05, 4.69) is 63.3 Å². The summed E-state index contributed by atoms with van der Waals surface area (Å²) in [7, 11) is 0. The number of hydrogen-bond donors (Lipinski definition) is 2. The summed E-state index contributed by atoms with van der Waals surface area (Å²) in [6, 6.07) is 6.46. The molecule has 1 aliphatic rings. The van der Waals surface area contributed by atoms with Crippen molar-refractivity contribution in [1.82, 2.24) is 14.9 Å². The Morgan fingerprint density at radius 2 is 2.09 bits per heavy atom. The molecule has 0 saturated carbocycles. The second-order valence-corrected chi connectivity index (χ2v) is 9.54. The molecule has 0 spiro atoms. The first-order valence-corrected chi connectivity index (χ1v) is 12.2. The van der Waals surface area contributed by atoms with Gasteiger partial charge in [0.25, 0.3) is 0 Å². The van der Waals surface area contributed by atoms with Gasteiger partial charge in [0.05, 0.1) is 18.1 Å². The summed E-state index contributed by atoms with van der Waals surface area (Å²) in [6.45, 7) is 5.42. The van der Waals surface area contributed by atoms with Crippen LogP contribution in [0.1, 0.15) is 61.4 Å². The summed E-state index contributed by atoms with van der Waals surface area (Å²) in [5.74, 6) is 1.10. The van der Waals surface area contributed by atoms with Crippen molar-refractivity contribution in [3.05, 3.63) is 53.0 Å². The number of carbonyl (C=O) groups excluding carboxylic acids is 1. The van der Waals surface area contributed by atoms with E-state index in [1.807, 2.05) is 0 Å². The second-order valence-electron chi connectivity index (χ2n) is 8.75. The molecule has 3 rings (SSSR count). The Hall–Kier alpha value is -2.48. The van der Waals surface area contributed by atoms with Crippen molar-refractivity contribution >= 4 is 33.7 Å². The lowest BCUT2D eigenvalue weighted by Crippen LogP contribution is -2.33. The van der Waals surface area contributed by atoms with Gasteiger partial charge in [-0.15, -0.1) is 0 Å². The highest BCUT2D eigenvalue weighted by atomic mass is 79.9. The molecule has 1 atom stereocenters. The van der Waals surface area contributed by atoms with Crippen LogP contribution in [0.25, 0.3) is 0 Å². The molecule has 1 aliphatic heterocycles. The standard InChI is InChI=1S/C24H31BrN4O3/c1-16(2)10-19-15-29(24(31)32)9-7-18-11-17(5-6-21(18)19)12-20-13-27-22(14-26-20)28-23(30)4-3-8-25/h5-6,11,13-14,16,19H,3-4,7-10,12,15H2,1-2H3,(H,31,32)(H,27,28,30). The van der Waals surface area contributed by atoms with Crippen LogP contribution in [0.4, 0.5) is 10.6 Å². The van der Waals surface area contributed by atoms with Gasteiger partial charge in [-0.3, -0.25) is 9.78 Å². The molecule has 2 N–H and O–H groups in total. The molecular weight excluding hydrogens is 472 g/mol. The Balaban J connectivity index is 1.71. The van der Waals surface area contributed by atoms with Gasteiger partial charge in [0, 0.05) is 37.2 Å². The fourth-order valence-electron chi connectivity index (χ4n) is 4.19. The number of alkyl halides is 1. The van der Waals surface area contributed by atoms with Crippen LogP contribution in [-0.4, -0.2) is 50.4 Å². The van der Waals surface area contributed by atoms with Gasteiger partial charge in [0.15, 0.2) is 5.82 Å². The van der Waals surface area contributed by atoms with Crippen LogP contribution < -0.4 is 5.32 Å². The quantitative estimate of drug-likeness (QED) is 0.503. The summed E-state index contributed by atoms with van der Waals surface area (Å²) in [6.07, 6.45) is 5.98. The van der Waals surface area contributed by atoms with Gasteiger partial charge >= 0.3 is 6.09 Å². The Morgan fingerprint density at radius 1 is 1.28 bits per heavy atom. The molecule has 2 amide bonds. The number of fused-ring (bicyclic) bond motifs is 1. The maximum atomic E-state index is 11.8. The minimum Gasteiger partial charge on any atom is -0.465 e. The van der Waals surface area contributed by atoms with Crippen LogP contribution in [0.2, 0.25) is 0 Å². The molecule has 2 aromatic rings. The van der Waals surface area contributed by atoms with E-state index in [0.29, 0.717) is 37.7 Å². The summed E-state index contributed by atoms with van der Waals surface area (Å²) in [5, 5.41) is 13.1. The molecule has 2 heterocycles. The van der Waals surface area contributed by atoms with Crippen LogP contribution in [-0.2, 0) is 17.6 Å². The number of nitrogens with zero attached hydrogens (tertiary/aromatic N) is 3. The number of rotatable bonds is 8. The monoisotopic (exact) mass is 502 g/mol. The van der Waals surface area contributed by atoms with Gasteiger partial charge in [0.2, 0.25) is 5.91 Å². The fourth-order valence-corrected chi connectivity index (χ4v) is 4.47. The summed E-state index contributed by atoms with van der Waals surface area (Å²) < 4.78 is 0. The first-order valence-electron chi connectivity index (χ1n) is 11.1. The highest BCUT2D eigenvalue weighted by Gasteiger charge is 2.26. The SMILES string of the molecule is CC(C)CC1CN(C(=O)O)CCc2cc(Cc3cnc(NC(=O)CCCBr)cn3)ccc21. The molecule has 0 radical (unpaired) electrons. The zero-order chi connectivity index (χ0) is 23.1. The first-order chi connectivity index (χ1) is 15.4. The van der Waals surface area contributed by atoms with E-state index < -0.39 is 6.09 Å². The topological polar surface area (TPSA) is 95.4 Å². The third kappa shape index (κ3) is 6.76. The third-order valence-electron chi connectivity index (χ3n) is 5.66. The third-order valence-corrected chi connectivity index (χ3v) is 6.22. The summed E-state index contributed by atoms with van der Waals surface area (Å²) >= 11 is 3.32. The normalized spacial score (nSPS) is 15.9. The van der Waals surface area contributed by atoms with Crippen LogP contribution >= 0.6 is 15.9 Å². The molecule has 1 aromatic carbocycles. The lowest BCUT2D eigenvalue weighted by Gasteiger charge is -2.24. The lowest BCUT2D eigenvalue weighted by atomic mass is 9.86. The molecule has 8 heteroatoms. The molecule has 1 aromatic heterocycles. The average molecular weight is 503 g/mol. The molecule has 0 aliphatic carbocycles. The van der Waals surface area contributed by atoms with Crippen LogP contribution in [0.3, 0.4) is 0 Å². The number of halogens is 1. The van der Waals surface area contributed by atoms with Gasteiger partial charge in [0.1, 0.15) is 0 Å². The highest BCUT2D eigenvalue weighted by molar-refractivity contribution is 9.09. The first kappa shape index (κ1) is 24.2. The van der Waals surface area contributed by atoms with Crippen LogP contribution in [0.15, 0.2) is 30.6 Å². The predicted octanol–water partition coefficient (Wildman–Crippen LogP) is 4.85. The van der Waals surface area contributed by atoms with Gasteiger partial charge < -0.3 is 15.3 Å². The highest BCUT2D eigenvalue weighted by Crippen LogP contribution is 2.32. The second kappa shape index (κ2) is 11.4. The van der Waals surface area contributed by atoms with E-state index in [1.165, 1.54) is 11.1 Å². The molecular formula is C24H31BrN4O3. The zero-order valence-electron chi connectivity index (χ0n) is 18.7. The number of carbonyl (C=O) groups is 2. The molecule has 1 unspecified atom stereocenters. The molecule has 0 bridgehead atoms. The Morgan fingerprint density at radius 3 is 2.75 bits per heavy atom. The van der Waals surface area contributed by atoms with Gasteiger partial charge in [-0.25, -0.2) is 9.78 Å². The van der Waals surface area contributed by atoms with E-state index in [0.717, 1.165) is 35.8 Å². The number of carboxylic acid groups (broad SMARTS) is 1. The Labute approximate surface area is 197 Å². The summed E-state index contributed by atoms with van der Waals surface area (Å²) in [4.78, 5) is 33.8.